The van der Waals surface area contributed by atoms with Crippen molar-refractivity contribution in [3.63, 3.8) is 0 Å². The van der Waals surface area contributed by atoms with Gasteiger partial charge in [-0.3, -0.25) is 10.2 Å². The smallest absolute Gasteiger partial charge is 0.307 e. The van der Waals surface area contributed by atoms with Crippen molar-refractivity contribution in [3.05, 3.63) is 64.1 Å². The highest BCUT2D eigenvalue weighted by atomic mass is 79.9. The average molecular weight is 348 g/mol. The first-order valence-corrected chi connectivity index (χ1v) is 7.04. The van der Waals surface area contributed by atoms with Gasteiger partial charge in [-0.2, -0.15) is 0 Å². The van der Waals surface area contributed by atoms with Crippen LogP contribution in [0.3, 0.4) is 0 Å². The first kappa shape index (κ1) is 15.1. The summed E-state index contributed by atoms with van der Waals surface area (Å²) in [6.07, 6.45) is 0. The molecule has 0 spiro atoms. The minimum absolute atomic E-state index is 0.401. The van der Waals surface area contributed by atoms with E-state index in [4.69, 9.17) is 0 Å². The van der Waals surface area contributed by atoms with Gasteiger partial charge in [0.05, 0.1) is 5.56 Å². The molecule has 0 saturated carbocycles. The zero-order valence-corrected chi connectivity index (χ0v) is 12.9. The normalized spacial score (nSPS) is 9.81. The molecule has 0 bridgehead atoms. The van der Waals surface area contributed by atoms with E-state index in [-0.39, 0.29) is 0 Å². The summed E-state index contributed by atoms with van der Waals surface area (Å²) < 4.78 is 0.656. The molecule has 5 nitrogen and oxygen atoms in total. The third-order valence-corrected chi connectivity index (χ3v) is 3.38. The van der Waals surface area contributed by atoms with Crippen LogP contribution in [0.4, 0.5) is 10.5 Å². The lowest BCUT2D eigenvalue weighted by molar-refractivity contribution is 0.0937. The number of anilines is 1. The van der Waals surface area contributed by atoms with Crippen molar-refractivity contribution in [2.75, 3.05) is 5.32 Å². The second-order valence-electron chi connectivity index (χ2n) is 4.38. The number of aryl methyl sites for hydroxylation is 1. The molecule has 0 aliphatic heterocycles. The molecule has 2 aromatic rings. The Bertz CT molecular complexity index is 673. The van der Waals surface area contributed by atoms with Gasteiger partial charge in [0.15, 0.2) is 0 Å². The van der Waals surface area contributed by atoms with E-state index < -0.39 is 11.9 Å². The van der Waals surface area contributed by atoms with Crippen molar-refractivity contribution in [3.8, 4) is 0 Å². The number of nitrogens with one attached hydrogen (secondary N) is 3. The fourth-order valence-corrected chi connectivity index (χ4v) is 2.18. The van der Waals surface area contributed by atoms with Gasteiger partial charge in [0.2, 0.25) is 0 Å². The van der Waals surface area contributed by atoms with Crippen LogP contribution in [-0.4, -0.2) is 11.9 Å². The Morgan fingerprint density at radius 3 is 2.48 bits per heavy atom. The first-order chi connectivity index (χ1) is 10.1. The maximum atomic E-state index is 11.9. The van der Waals surface area contributed by atoms with Crippen LogP contribution < -0.4 is 16.2 Å². The number of carbonyl (C=O) groups is 2. The molecule has 21 heavy (non-hydrogen) atoms. The standard InChI is InChI=1S/C15H14BrN3O2/c1-10-5-4-6-11(9-10)17-15(21)19-18-14(20)12-7-2-3-8-13(12)16/h2-9H,1H3,(H,18,20)(H2,17,19,21). The van der Waals surface area contributed by atoms with Crippen molar-refractivity contribution in [2.45, 2.75) is 6.92 Å². The monoisotopic (exact) mass is 347 g/mol. The topological polar surface area (TPSA) is 70.2 Å². The van der Waals surface area contributed by atoms with Crippen molar-refractivity contribution >= 4 is 33.6 Å². The van der Waals surface area contributed by atoms with Gasteiger partial charge in [0.1, 0.15) is 0 Å². The van der Waals surface area contributed by atoms with Gasteiger partial charge in [-0.05, 0) is 52.7 Å². The predicted octanol–water partition coefficient (Wildman–Crippen LogP) is 3.22. The van der Waals surface area contributed by atoms with Crippen LogP contribution in [-0.2, 0) is 0 Å². The highest BCUT2D eigenvalue weighted by Gasteiger charge is 2.10. The summed E-state index contributed by atoms with van der Waals surface area (Å²) in [5.74, 6) is -0.401. The minimum Gasteiger partial charge on any atom is -0.307 e. The van der Waals surface area contributed by atoms with E-state index in [1.807, 2.05) is 25.1 Å². The fourth-order valence-electron chi connectivity index (χ4n) is 1.71. The lowest BCUT2D eigenvalue weighted by atomic mass is 10.2. The van der Waals surface area contributed by atoms with Crippen molar-refractivity contribution in [1.82, 2.24) is 10.9 Å². The zero-order valence-electron chi connectivity index (χ0n) is 11.3. The van der Waals surface area contributed by atoms with E-state index >= 15 is 0 Å². The zero-order chi connectivity index (χ0) is 15.2. The molecule has 0 fully saturated rings. The van der Waals surface area contributed by atoms with Crippen LogP contribution in [0.2, 0.25) is 0 Å². The molecule has 0 heterocycles. The number of benzene rings is 2. The van der Waals surface area contributed by atoms with Crippen molar-refractivity contribution in [2.24, 2.45) is 0 Å². The quantitative estimate of drug-likeness (QED) is 0.730. The third-order valence-electron chi connectivity index (χ3n) is 2.68. The first-order valence-electron chi connectivity index (χ1n) is 6.25. The summed E-state index contributed by atoms with van der Waals surface area (Å²) in [5, 5.41) is 2.63. The molecule has 0 atom stereocenters. The molecule has 6 heteroatoms. The highest BCUT2D eigenvalue weighted by Crippen LogP contribution is 2.15. The Morgan fingerprint density at radius 1 is 1.00 bits per heavy atom. The van der Waals surface area contributed by atoms with Crippen molar-refractivity contribution in [1.29, 1.82) is 0 Å². The summed E-state index contributed by atoms with van der Waals surface area (Å²) in [7, 11) is 0. The molecule has 2 rings (SSSR count). The Kier molecular flexibility index (Phi) is 4.94. The van der Waals surface area contributed by atoms with E-state index in [2.05, 4.69) is 32.1 Å². The Balaban J connectivity index is 1.90. The Morgan fingerprint density at radius 2 is 1.76 bits per heavy atom. The molecule has 3 N–H and O–H groups in total. The Labute approximate surface area is 130 Å². The summed E-state index contributed by atoms with van der Waals surface area (Å²) in [6, 6.07) is 13.8. The van der Waals surface area contributed by atoms with Crippen LogP contribution in [0.15, 0.2) is 53.0 Å². The lowest BCUT2D eigenvalue weighted by Crippen LogP contribution is -2.44. The number of urea groups is 1. The van der Waals surface area contributed by atoms with Gasteiger partial charge in [-0.1, -0.05) is 24.3 Å². The van der Waals surface area contributed by atoms with Crippen LogP contribution in [0.5, 0.6) is 0 Å². The van der Waals surface area contributed by atoms with Gasteiger partial charge in [-0.15, -0.1) is 0 Å². The molecule has 0 unspecified atom stereocenters. The largest absolute Gasteiger partial charge is 0.337 e. The maximum absolute atomic E-state index is 11.9. The summed E-state index contributed by atoms with van der Waals surface area (Å²) in [6.45, 7) is 1.93. The molecule has 0 saturated heterocycles. The lowest BCUT2D eigenvalue weighted by Gasteiger charge is -2.10. The van der Waals surface area contributed by atoms with Crippen LogP contribution >= 0.6 is 15.9 Å². The number of hydrogen-bond acceptors (Lipinski definition) is 2. The van der Waals surface area contributed by atoms with E-state index in [1.54, 1.807) is 30.3 Å². The average Bonchev–Trinajstić information content (AvgIpc) is 2.45. The van der Waals surface area contributed by atoms with Crippen LogP contribution in [0.25, 0.3) is 0 Å². The van der Waals surface area contributed by atoms with Crippen LogP contribution in [0, 0.1) is 6.92 Å². The number of rotatable bonds is 2. The molecule has 0 aromatic heterocycles. The minimum atomic E-state index is -0.513. The van der Waals surface area contributed by atoms with Gasteiger partial charge < -0.3 is 5.32 Å². The number of amides is 3. The van der Waals surface area contributed by atoms with Gasteiger partial charge in [0, 0.05) is 10.2 Å². The molecule has 0 aliphatic carbocycles. The van der Waals surface area contributed by atoms with Crippen LogP contribution in [0.1, 0.15) is 15.9 Å². The van der Waals surface area contributed by atoms with Gasteiger partial charge in [-0.25, -0.2) is 10.2 Å². The van der Waals surface area contributed by atoms with E-state index in [0.717, 1.165) is 5.56 Å². The summed E-state index contributed by atoms with van der Waals surface area (Å²) in [4.78, 5) is 23.6. The SMILES string of the molecule is Cc1cccc(NC(=O)NNC(=O)c2ccccc2Br)c1. The molecular weight excluding hydrogens is 334 g/mol. The summed E-state index contributed by atoms with van der Waals surface area (Å²) in [5.41, 5.74) is 6.78. The van der Waals surface area contributed by atoms with E-state index in [0.29, 0.717) is 15.7 Å². The third kappa shape index (κ3) is 4.32. The Hall–Kier alpha value is -2.34. The molecule has 3 amide bonds. The van der Waals surface area contributed by atoms with E-state index in [1.165, 1.54) is 0 Å². The summed E-state index contributed by atoms with van der Waals surface area (Å²) >= 11 is 3.28. The van der Waals surface area contributed by atoms with Gasteiger partial charge in [0.25, 0.3) is 5.91 Å². The second kappa shape index (κ2) is 6.90. The number of hydrazine groups is 1. The van der Waals surface area contributed by atoms with Gasteiger partial charge >= 0.3 is 6.03 Å². The highest BCUT2D eigenvalue weighted by molar-refractivity contribution is 9.10. The molecule has 0 aliphatic rings. The molecule has 0 radical (unpaired) electrons. The fraction of sp³-hybridized carbons (Fsp3) is 0.0667. The second-order valence-corrected chi connectivity index (χ2v) is 5.24. The van der Waals surface area contributed by atoms with E-state index in [9.17, 15) is 9.59 Å². The predicted molar refractivity (Wildman–Crippen MR) is 84.9 cm³/mol. The molecule has 2 aromatic carbocycles. The molecule has 108 valence electrons. The van der Waals surface area contributed by atoms with Crippen molar-refractivity contribution < 1.29 is 9.59 Å². The maximum Gasteiger partial charge on any atom is 0.337 e. The number of halogens is 1. The number of carbonyl (C=O) groups excluding carboxylic acids is 2. The number of hydrogen-bond donors (Lipinski definition) is 3. The molecular formula is C15H14BrN3O2.